The van der Waals surface area contributed by atoms with E-state index in [0.717, 1.165) is 16.6 Å². The summed E-state index contributed by atoms with van der Waals surface area (Å²) in [4.78, 5) is 19.6. The van der Waals surface area contributed by atoms with Crippen LogP contribution in [0.25, 0.3) is 10.9 Å². The Kier molecular flexibility index (Phi) is 3.23. The molecule has 0 bridgehead atoms. The Morgan fingerprint density at radius 1 is 1.19 bits per heavy atom. The van der Waals surface area contributed by atoms with E-state index in [1.54, 1.807) is 6.07 Å². The molecular weight excluding hydrogens is 268 g/mol. The van der Waals surface area contributed by atoms with Crippen molar-refractivity contribution in [2.24, 2.45) is 0 Å². The highest BCUT2D eigenvalue weighted by atomic mass is 16.5. The van der Waals surface area contributed by atoms with Gasteiger partial charge in [0.15, 0.2) is 5.75 Å². The lowest BCUT2D eigenvalue weighted by Crippen LogP contribution is -2.01. The first-order valence-electron chi connectivity index (χ1n) is 6.36. The van der Waals surface area contributed by atoms with E-state index in [1.165, 1.54) is 18.5 Å². The number of rotatable bonds is 3. The van der Waals surface area contributed by atoms with Crippen LogP contribution in [0, 0.1) is 6.92 Å². The first-order valence-corrected chi connectivity index (χ1v) is 6.36. The number of hydrogen-bond acceptors (Lipinski definition) is 4. The number of para-hydroxylation sites is 1. The van der Waals surface area contributed by atoms with Crippen molar-refractivity contribution >= 4 is 16.9 Å². The van der Waals surface area contributed by atoms with Gasteiger partial charge < -0.3 is 9.84 Å². The van der Waals surface area contributed by atoms with Crippen molar-refractivity contribution < 1.29 is 14.6 Å². The van der Waals surface area contributed by atoms with Crippen molar-refractivity contribution in [1.29, 1.82) is 0 Å². The van der Waals surface area contributed by atoms with E-state index < -0.39 is 5.97 Å². The normalized spacial score (nSPS) is 10.5. The van der Waals surface area contributed by atoms with Crippen LogP contribution in [0.2, 0.25) is 0 Å². The summed E-state index contributed by atoms with van der Waals surface area (Å²) in [5.74, 6) is -0.281. The lowest BCUT2D eigenvalue weighted by atomic mass is 10.2. The number of carboxylic acids is 1. The monoisotopic (exact) mass is 280 g/mol. The lowest BCUT2D eigenvalue weighted by molar-refractivity contribution is 0.0694. The highest BCUT2D eigenvalue weighted by Gasteiger charge is 2.13. The lowest BCUT2D eigenvalue weighted by Gasteiger charge is -2.11. The standard InChI is InChI=1S/C16H12N2O3/c1-10-8-14(11-4-2-3-5-13(11)18-10)21-15-9-17-7-6-12(15)16(19)20/h2-9H,1H3,(H,19,20). The number of carboxylic acid groups (broad SMARTS) is 1. The van der Waals surface area contributed by atoms with Crippen LogP contribution >= 0.6 is 0 Å². The number of aryl methyl sites for hydroxylation is 1. The Balaban J connectivity index is 2.13. The number of ether oxygens (including phenoxy) is 1. The number of hydrogen-bond donors (Lipinski definition) is 1. The van der Waals surface area contributed by atoms with Gasteiger partial charge in [-0.25, -0.2) is 4.79 Å². The van der Waals surface area contributed by atoms with Crippen molar-refractivity contribution in [3.8, 4) is 11.5 Å². The molecule has 0 aliphatic heterocycles. The van der Waals surface area contributed by atoms with Crippen molar-refractivity contribution in [1.82, 2.24) is 9.97 Å². The van der Waals surface area contributed by atoms with Crippen LogP contribution in [-0.4, -0.2) is 21.0 Å². The molecule has 2 heterocycles. The molecule has 5 nitrogen and oxygen atoms in total. The third-order valence-electron chi connectivity index (χ3n) is 3.04. The van der Waals surface area contributed by atoms with E-state index in [0.29, 0.717) is 5.75 Å². The number of nitrogens with zero attached hydrogens (tertiary/aromatic N) is 2. The van der Waals surface area contributed by atoms with Gasteiger partial charge in [-0.2, -0.15) is 0 Å². The molecule has 3 rings (SSSR count). The molecule has 0 aliphatic carbocycles. The molecule has 0 saturated carbocycles. The van der Waals surface area contributed by atoms with Gasteiger partial charge in [-0.3, -0.25) is 9.97 Å². The van der Waals surface area contributed by atoms with E-state index in [9.17, 15) is 9.90 Å². The summed E-state index contributed by atoms with van der Waals surface area (Å²) in [5.41, 5.74) is 1.67. The Labute approximate surface area is 120 Å². The summed E-state index contributed by atoms with van der Waals surface area (Å²) in [6, 6.07) is 10.7. The predicted octanol–water partition coefficient (Wildman–Crippen LogP) is 3.43. The molecule has 1 aromatic carbocycles. The number of aromatic nitrogens is 2. The minimum Gasteiger partial charge on any atom is -0.478 e. The second-order valence-electron chi connectivity index (χ2n) is 4.56. The van der Waals surface area contributed by atoms with Gasteiger partial charge in [0, 0.05) is 23.3 Å². The first-order chi connectivity index (χ1) is 10.1. The van der Waals surface area contributed by atoms with Gasteiger partial charge in [-0.05, 0) is 25.1 Å². The van der Waals surface area contributed by atoms with Crippen LogP contribution < -0.4 is 4.74 Å². The molecule has 5 heteroatoms. The minimum atomic E-state index is -1.05. The first kappa shape index (κ1) is 13.1. The third-order valence-corrected chi connectivity index (χ3v) is 3.04. The van der Waals surface area contributed by atoms with Crippen LogP contribution in [0.4, 0.5) is 0 Å². The molecule has 2 aromatic heterocycles. The van der Waals surface area contributed by atoms with Crippen LogP contribution in [-0.2, 0) is 0 Å². The summed E-state index contributed by atoms with van der Waals surface area (Å²) in [7, 11) is 0. The average Bonchev–Trinajstić information content (AvgIpc) is 2.47. The van der Waals surface area contributed by atoms with E-state index in [2.05, 4.69) is 9.97 Å². The quantitative estimate of drug-likeness (QED) is 0.795. The van der Waals surface area contributed by atoms with Crippen LogP contribution in [0.1, 0.15) is 16.1 Å². The summed E-state index contributed by atoms with van der Waals surface area (Å²) < 4.78 is 5.78. The van der Waals surface area contributed by atoms with Gasteiger partial charge in [0.2, 0.25) is 0 Å². The molecule has 0 amide bonds. The van der Waals surface area contributed by atoms with E-state index in [1.807, 2.05) is 31.2 Å². The highest BCUT2D eigenvalue weighted by Crippen LogP contribution is 2.31. The molecule has 0 unspecified atom stereocenters. The zero-order valence-electron chi connectivity index (χ0n) is 11.3. The minimum absolute atomic E-state index is 0.0727. The third kappa shape index (κ3) is 2.53. The molecule has 0 saturated heterocycles. The van der Waals surface area contributed by atoms with Crippen molar-refractivity contribution in [2.45, 2.75) is 6.92 Å². The molecular formula is C16H12N2O3. The van der Waals surface area contributed by atoms with Crippen LogP contribution in [0.5, 0.6) is 11.5 Å². The zero-order valence-corrected chi connectivity index (χ0v) is 11.3. The van der Waals surface area contributed by atoms with Gasteiger partial charge in [0.25, 0.3) is 0 Å². The SMILES string of the molecule is Cc1cc(Oc2cnccc2C(=O)O)c2ccccc2n1. The molecule has 0 fully saturated rings. The maximum atomic E-state index is 11.2. The number of fused-ring (bicyclic) bond motifs is 1. The molecule has 3 aromatic rings. The number of carbonyl (C=O) groups is 1. The van der Waals surface area contributed by atoms with Gasteiger partial charge in [-0.15, -0.1) is 0 Å². The highest BCUT2D eigenvalue weighted by molar-refractivity contribution is 5.91. The Hall–Kier alpha value is -2.95. The van der Waals surface area contributed by atoms with E-state index in [-0.39, 0.29) is 11.3 Å². The molecule has 0 radical (unpaired) electrons. The average molecular weight is 280 g/mol. The van der Waals surface area contributed by atoms with E-state index >= 15 is 0 Å². The molecule has 21 heavy (non-hydrogen) atoms. The van der Waals surface area contributed by atoms with Crippen LogP contribution in [0.15, 0.2) is 48.8 Å². The zero-order chi connectivity index (χ0) is 14.8. The Morgan fingerprint density at radius 3 is 2.81 bits per heavy atom. The molecule has 104 valence electrons. The second kappa shape index (κ2) is 5.20. The van der Waals surface area contributed by atoms with Crippen LogP contribution in [0.3, 0.4) is 0 Å². The number of aromatic carboxylic acids is 1. The summed E-state index contributed by atoms with van der Waals surface area (Å²) >= 11 is 0. The maximum absolute atomic E-state index is 11.2. The fraction of sp³-hybridized carbons (Fsp3) is 0.0625. The molecule has 0 atom stereocenters. The van der Waals surface area contributed by atoms with Gasteiger partial charge in [0.1, 0.15) is 11.3 Å². The van der Waals surface area contributed by atoms with Gasteiger partial charge >= 0.3 is 5.97 Å². The summed E-state index contributed by atoms with van der Waals surface area (Å²) in [6.07, 6.45) is 2.82. The Bertz CT molecular complexity index is 831. The van der Waals surface area contributed by atoms with Gasteiger partial charge in [-0.1, -0.05) is 12.1 Å². The smallest absolute Gasteiger partial charge is 0.339 e. The Morgan fingerprint density at radius 2 is 2.00 bits per heavy atom. The van der Waals surface area contributed by atoms with Crippen molar-refractivity contribution in [3.05, 3.63) is 60.0 Å². The number of benzene rings is 1. The van der Waals surface area contributed by atoms with Crippen molar-refractivity contribution in [2.75, 3.05) is 0 Å². The molecule has 0 aliphatic rings. The topological polar surface area (TPSA) is 72.3 Å². The van der Waals surface area contributed by atoms with Gasteiger partial charge in [0.05, 0.1) is 11.7 Å². The largest absolute Gasteiger partial charge is 0.478 e. The summed E-state index contributed by atoms with van der Waals surface area (Å²) in [6.45, 7) is 1.86. The fourth-order valence-electron chi connectivity index (χ4n) is 2.11. The van der Waals surface area contributed by atoms with Crippen molar-refractivity contribution in [3.63, 3.8) is 0 Å². The number of pyridine rings is 2. The maximum Gasteiger partial charge on any atom is 0.339 e. The molecule has 1 N–H and O–H groups in total. The second-order valence-corrected chi connectivity index (χ2v) is 4.56. The van der Waals surface area contributed by atoms with E-state index in [4.69, 9.17) is 4.74 Å². The fourth-order valence-corrected chi connectivity index (χ4v) is 2.11. The molecule has 0 spiro atoms. The summed E-state index contributed by atoms with van der Waals surface area (Å²) in [5, 5.41) is 10.0. The predicted molar refractivity (Wildman–Crippen MR) is 77.8 cm³/mol.